The normalized spacial score (nSPS) is 13.5. The molecule has 0 radical (unpaired) electrons. The first kappa shape index (κ1) is 21.6. The van der Waals surface area contributed by atoms with Crippen LogP contribution >= 0.6 is 0 Å². The molecule has 0 saturated heterocycles. The van der Waals surface area contributed by atoms with Gasteiger partial charge in [-0.05, 0) is 70.2 Å². The highest BCUT2D eigenvalue weighted by atomic mass is 16.3. The minimum atomic E-state index is -0.377. The van der Waals surface area contributed by atoms with Gasteiger partial charge in [0.15, 0.2) is 0 Å². The third-order valence-electron chi connectivity index (χ3n) is 6.97. The number of rotatable bonds is 8. The summed E-state index contributed by atoms with van der Waals surface area (Å²) in [6, 6.07) is 35.5. The van der Waals surface area contributed by atoms with Crippen molar-refractivity contribution in [3.05, 3.63) is 130 Å². The Kier molecular flexibility index (Phi) is 6.13. The van der Waals surface area contributed by atoms with Crippen LogP contribution in [0.2, 0.25) is 0 Å². The highest BCUT2D eigenvalue weighted by molar-refractivity contribution is 5.86. The quantitative estimate of drug-likeness (QED) is 0.319. The van der Waals surface area contributed by atoms with Gasteiger partial charge < -0.3 is 10.2 Å². The molecule has 5 rings (SSSR count). The van der Waals surface area contributed by atoms with Crippen LogP contribution in [0.1, 0.15) is 46.2 Å². The van der Waals surface area contributed by atoms with E-state index in [2.05, 4.69) is 97.1 Å². The highest BCUT2D eigenvalue weighted by Gasteiger charge is 2.45. The van der Waals surface area contributed by atoms with E-state index in [9.17, 15) is 10.2 Å². The molecule has 0 unspecified atom stereocenters. The number of hydrogen-bond donors (Lipinski definition) is 2. The van der Waals surface area contributed by atoms with Gasteiger partial charge in [0.25, 0.3) is 0 Å². The second kappa shape index (κ2) is 9.35. The molecule has 2 heteroatoms. The fourth-order valence-corrected chi connectivity index (χ4v) is 5.43. The fourth-order valence-electron chi connectivity index (χ4n) is 5.43. The van der Waals surface area contributed by atoms with Crippen LogP contribution in [0.5, 0.6) is 0 Å². The minimum Gasteiger partial charge on any atom is -0.396 e. The summed E-state index contributed by atoms with van der Waals surface area (Å²) < 4.78 is 0. The second-order valence-corrected chi connectivity index (χ2v) is 8.89. The molecule has 0 bridgehead atoms. The number of hydrogen-bond acceptors (Lipinski definition) is 2. The number of aryl methyl sites for hydroxylation is 2. The molecule has 0 amide bonds. The predicted molar refractivity (Wildman–Crippen MR) is 135 cm³/mol. The summed E-state index contributed by atoms with van der Waals surface area (Å²) in [6.07, 6.45) is 3.34. The van der Waals surface area contributed by atoms with Gasteiger partial charge in [-0.2, -0.15) is 0 Å². The van der Waals surface area contributed by atoms with Gasteiger partial charge in [-0.1, -0.05) is 97.1 Å². The van der Waals surface area contributed by atoms with E-state index >= 15 is 0 Å². The molecule has 1 aliphatic carbocycles. The highest BCUT2D eigenvalue weighted by Crippen LogP contribution is 2.55. The molecule has 4 aromatic rings. The lowest BCUT2D eigenvalue weighted by Crippen LogP contribution is -2.28. The lowest BCUT2D eigenvalue weighted by molar-refractivity contribution is 0.288. The Balaban J connectivity index is 1.72. The molecule has 0 spiro atoms. The Morgan fingerprint density at radius 3 is 1.27 bits per heavy atom. The van der Waals surface area contributed by atoms with Gasteiger partial charge in [0.05, 0.1) is 5.41 Å². The molecule has 4 aromatic carbocycles. The Labute approximate surface area is 196 Å². The lowest BCUT2D eigenvalue weighted by Gasteiger charge is -2.34. The first-order valence-corrected chi connectivity index (χ1v) is 11.9. The summed E-state index contributed by atoms with van der Waals surface area (Å²) >= 11 is 0. The summed E-state index contributed by atoms with van der Waals surface area (Å²) in [4.78, 5) is 0. The van der Waals surface area contributed by atoms with Crippen molar-refractivity contribution in [2.45, 2.75) is 31.1 Å². The number of aliphatic hydroxyl groups is 2. The molecule has 0 aliphatic heterocycles. The van der Waals surface area contributed by atoms with Gasteiger partial charge in [0.2, 0.25) is 0 Å². The summed E-state index contributed by atoms with van der Waals surface area (Å²) in [5.41, 5.74) is 9.87. The standard InChI is InChI=1S/C31H30O2/c32-21-5-7-23-13-17-25(18-14-23)31(26-19-15-24(16-20-26)8-6-22-33)29-11-3-1-9-27(29)28-10-2-4-12-30(28)31/h1-4,9-20,32-33H,5-8,21-22H2. The first-order chi connectivity index (χ1) is 16.3. The number of aliphatic hydroxyl groups excluding tert-OH is 2. The molecule has 0 fully saturated rings. The monoisotopic (exact) mass is 434 g/mol. The van der Waals surface area contributed by atoms with Crippen LogP contribution in [0.15, 0.2) is 97.1 Å². The van der Waals surface area contributed by atoms with Crippen molar-refractivity contribution in [2.75, 3.05) is 13.2 Å². The largest absolute Gasteiger partial charge is 0.396 e. The van der Waals surface area contributed by atoms with Gasteiger partial charge in [-0.3, -0.25) is 0 Å². The van der Waals surface area contributed by atoms with E-state index in [1.165, 1.54) is 44.5 Å². The molecule has 2 nitrogen and oxygen atoms in total. The molecule has 1 aliphatic rings. The average Bonchev–Trinajstić information content (AvgIpc) is 3.18. The summed E-state index contributed by atoms with van der Waals surface area (Å²) in [6.45, 7) is 0.435. The van der Waals surface area contributed by atoms with E-state index in [1.54, 1.807) is 0 Å². The molecule has 33 heavy (non-hydrogen) atoms. The van der Waals surface area contributed by atoms with Crippen LogP contribution in [0.4, 0.5) is 0 Å². The average molecular weight is 435 g/mol. The maximum absolute atomic E-state index is 9.23. The predicted octanol–water partition coefficient (Wildman–Crippen LogP) is 5.90. The summed E-state index contributed by atoms with van der Waals surface area (Å²) in [7, 11) is 0. The maximum Gasteiger partial charge on any atom is 0.0713 e. The summed E-state index contributed by atoms with van der Waals surface area (Å²) in [5, 5.41) is 18.5. The van der Waals surface area contributed by atoms with Crippen LogP contribution in [-0.2, 0) is 18.3 Å². The van der Waals surface area contributed by atoms with Crippen molar-refractivity contribution in [1.82, 2.24) is 0 Å². The minimum absolute atomic E-state index is 0.217. The third-order valence-corrected chi connectivity index (χ3v) is 6.97. The zero-order valence-electron chi connectivity index (χ0n) is 18.9. The molecule has 0 heterocycles. The van der Waals surface area contributed by atoms with Crippen molar-refractivity contribution < 1.29 is 10.2 Å². The lowest BCUT2D eigenvalue weighted by atomic mass is 9.67. The van der Waals surface area contributed by atoms with Crippen LogP contribution < -0.4 is 0 Å². The SMILES string of the molecule is OCCCc1ccc(C2(c3ccc(CCCO)cc3)c3ccccc3-c3ccccc32)cc1. The maximum atomic E-state index is 9.23. The molecule has 2 N–H and O–H groups in total. The number of benzene rings is 4. The van der Waals surface area contributed by atoms with Gasteiger partial charge in [-0.15, -0.1) is 0 Å². The zero-order chi connectivity index (χ0) is 22.7. The van der Waals surface area contributed by atoms with Gasteiger partial charge >= 0.3 is 0 Å². The van der Waals surface area contributed by atoms with Crippen LogP contribution in [0.25, 0.3) is 11.1 Å². The van der Waals surface area contributed by atoms with E-state index in [-0.39, 0.29) is 18.6 Å². The van der Waals surface area contributed by atoms with Crippen molar-refractivity contribution in [1.29, 1.82) is 0 Å². The first-order valence-electron chi connectivity index (χ1n) is 11.9. The molecular formula is C31H30O2. The Morgan fingerprint density at radius 1 is 0.485 bits per heavy atom. The summed E-state index contributed by atoms with van der Waals surface area (Å²) in [5.74, 6) is 0. The zero-order valence-corrected chi connectivity index (χ0v) is 18.9. The van der Waals surface area contributed by atoms with Crippen molar-refractivity contribution >= 4 is 0 Å². The molecule has 166 valence electrons. The Morgan fingerprint density at radius 2 is 0.879 bits per heavy atom. The van der Waals surface area contributed by atoms with Gasteiger partial charge in [-0.25, -0.2) is 0 Å². The van der Waals surface area contributed by atoms with Gasteiger partial charge in [0, 0.05) is 13.2 Å². The van der Waals surface area contributed by atoms with Crippen LogP contribution in [0.3, 0.4) is 0 Å². The third kappa shape index (κ3) is 3.70. The van der Waals surface area contributed by atoms with E-state index in [0.717, 1.165) is 25.7 Å². The van der Waals surface area contributed by atoms with E-state index in [1.807, 2.05) is 0 Å². The molecule has 0 aromatic heterocycles. The van der Waals surface area contributed by atoms with Crippen LogP contribution in [0, 0.1) is 0 Å². The van der Waals surface area contributed by atoms with E-state index in [4.69, 9.17) is 0 Å². The smallest absolute Gasteiger partial charge is 0.0713 e. The van der Waals surface area contributed by atoms with Gasteiger partial charge in [0.1, 0.15) is 0 Å². The Hall–Kier alpha value is -3.20. The van der Waals surface area contributed by atoms with Crippen molar-refractivity contribution in [3.8, 4) is 11.1 Å². The van der Waals surface area contributed by atoms with Crippen LogP contribution in [-0.4, -0.2) is 23.4 Å². The molecule has 0 saturated carbocycles. The molecule has 0 atom stereocenters. The van der Waals surface area contributed by atoms with Crippen molar-refractivity contribution in [2.24, 2.45) is 0 Å². The number of fused-ring (bicyclic) bond motifs is 3. The topological polar surface area (TPSA) is 40.5 Å². The fraction of sp³-hybridized carbons (Fsp3) is 0.226. The molecular weight excluding hydrogens is 404 g/mol. The van der Waals surface area contributed by atoms with Crippen molar-refractivity contribution in [3.63, 3.8) is 0 Å². The van der Waals surface area contributed by atoms with E-state index in [0.29, 0.717) is 0 Å². The Bertz CT molecular complexity index is 1120. The van der Waals surface area contributed by atoms with E-state index < -0.39 is 0 Å². The second-order valence-electron chi connectivity index (χ2n) is 8.89.